The molecule has 1 aromatic rings. The zero-order valence-corrected chi connectivity index (χ0v) is 18.4. The molecule has 6 nitrogen and oxygen atoms in total. The number of carbonyl (C=O) groups excluding carboxylic acids is 3. The van der Waals surface area contributed by atoms with Crippen LogP contribution >= 0.6 is 0 Å². The van der Waals surface area contributed by atoms with Crippen molar-refractivity contribution in [1.82, 2.24) is 14.7 Å². The predicted molar refractivity (Wildman–Crippen MR) is 113 cm³/mol. The quantitative estimate of drug-likeness (QED) is 0.651. The van der Waals surface area contributed by atoms with Crippen molar-refractivity contribution in [2.75, 3.05) is 19.6 Å². The summed E-state index contributed by atoms with van der Waals surface area (Å²) in [5.74, 6) is 2.28. The van der Waals surface area contributed by atoms with Crippen LogP contribution < -0.4 is 0 Å². The van der Waals surface area contributed by atoms with E-state index in [1.807, 2.05) is 0 Å². The molecule has 3 amide bonds. The van der Waals surface area contributed by atoms with Crippen molar-refractivity contribution >= 4 is 17.7 Å². The van der Waals surface area contributed by atoms with Gasteiger partial charge < -0.3 is 14.7 Å². The molecule has 3 aliphatic rings. The molecule has 0 N–H and O–H groups in total. The summed E-state index contributed by atoms with van der Waals surface area (Å²) in [4.78, 5) is 43.4. The van der Waals surface area contributed by atoms with E-state index in [-0.39, 0.29) is 55.9 Å². The number of carbonyl (C=O) groups is 3. The summed E-state index contributed by atoms with van der Waals surface area (Å²) in [7, 11) is 0. The van der Waals surface area contributed by atoms with Gasteiger partial charge in [-0.25, -0.2) is 0 Å². The first-order valence-electron chi connectivity index (χ1n) is 11.0. The highest BCUT2D eigenvalue weighted by Gasteiger charge is 2.61. The van der Waals surface area contributed by atoms with Gasteiger partial charge in [0, 0.05) is 25.4 Å². The van der Waals surface area contributed by atoms with E-state index in [9.17, 15) is 27.6 Å². The molecule has 33 heavy (non-hydrogen) atoms. The van der Waals surface area contributed by atoms with Gasteiger partial charge in [0.25, 0.3) is 5.91 Å². The Morgan fingerprint density at radius 2 is 1.73 bits per heavy atom. The summed E-state index contributed by atoms with van der Waals surface area (Å²) in [6, 6.07) is 4.50. The highest BCUT2D eigenvalue weighted by molar-refractivity contribution is 6.00. The average molecular weight is 461 g/mol. The van der Waals surface area contributed by atoms with E-state index in [0.717, 1.165) is 37.8 Å². The van der Waals surface area contributed by atoms with E-state index < -0.39 is 17.3 Å². The van der Waals surface area contributed by atoms with E-state index in [0.29, 0.717) is 5.56 Å². The summed E-state index contributed by atoms with van der Waals surface area (Å²) < 4.78 is 38.7. The Bertz CT molecular complexity index is 985. The Morgan fingerprint density at radius 1 is 1.12 bits per heavy atom. The maximum Gasteiger partial charge on any atom is 0.416 e. The number of hydrogen-bond acceptors (Lipinski definition) is 3. The Hall–Kier alpha value is -3.02. The van der Waals surface area contributed by atoms with E-state index in [2.05, 4.69) is 5.92 Å². The van der Waals surface area contributed by atoms with E-state index in [4.69, 9.17) is 6.42 Å². The Kier molecular flexibility index (Phi) is 5.89. The molecule has 1 aliphatic carbocycles. The van der Waals surface area contributed by atoms with Crippen LogP contribution in [-0.4, -0.2) is 63.6 Å². The van der Waals surface area contributed by atoms with Crippen LogP contribution in [0.5, 0.6) is 0 Å². The lowest BCUT2D eigenvalue weighted by Crippen LogP contribution is -2.81. The van der Waals surface area contributed by atoms with Gasteiger partial charge in [0.1, 0.15) is 6.54 Å². The van der Waals surface area contributed by atoms with Gasteiger partial charge in [-0.05, 0) is 43.4 Å². The number of hydrogen-bond donors (Lipinski definition) is 0. The molecule has 0 atom stereocenters. The van der Waals surface area contributed by atoms with E-state index >= 15 is 0 Å². The molecule has 1 spiro atoms. The summed E-state index contributed by atoms with van der Waals surface area (Å²) >= 11 is 0. The molecular weight excluding hydrogens is 435 g/mol. The number of alkyl halides is 3. The first kappa shape index (κ1) is 23.1. The van der Waals surface area contributed by atoms with Crippen molar-refractivity contribution in [2.24, 2.45) is 5.92 Å². The second-order valence-electron chi connectivity index (χ2n) is 9.19. The van der Waals surface area contributed by atoms with Crippen molar-refractivity contribution < 1.29 is 27.6 Å². The van der Waals surface area contributed by atoms with Gasteiger partial charge in [0.05, 0.1) is 18.7 Å². The lowest BCUT2D eigenvalue weighted by Gasteiger charge is -2.59. The minimum absolute atomic E-state index is 0.00608. The predicted octanol–water partition coefficient (Wildman–Crippen LogP) is 2.67. The molecule has 0 unspecified atom stereocenters. The van der Waals surface area contributed by atoms with Gasteiger partial charge >= 0.3 is 6.18 Å². The fraction of sp³-hybridized carbons (Fsp3) is 0.542. The molecule has 1 saturated carbocycles. The van der Waals surface area contributed by atoms with Gasteiger partial charge in [0.15, 0.2) is 5.54 Å². The SMILES string of the molecule is C#CC1CCC(N2CC(=O)N(Cc3ccc(C(F)(F)F)cc3)C3(CN(C(C)=O)C3)C2=O)CC1. The van der Waals surface area contributed by atoms with Crippen LogP contribution in [0.15, 0.2) is 24.3 Å². The van der Waals surface area contributed by atoms with Gasteiger partial charge in [-0.15, -0.1) is 12.3 Å². The summed E-state index contributed by atoms with van der Waals surface area (Å²) in [5, 5.41) is 0. The van der Waals surface area contributed by atoms with E-state index in [1.54, 1.807) is 4.90 Å². The Balaban J connectivity index is 1.57. The smallest absolute Gasteiger partial charge is 0.337 e. The van der Waals surface area contributed by atoms with Crippen LogP contribution in [0, 0.1) is 18.3 Å². The summed E-state index contributed by atoms with van der Waals surface area (Å²) in [5.41, 5.74) is -1.47. The number of piperazine rings is 1. The zero-order valence-electron chi connectivity index (χ0n) is 18.4. The third-order valence-electron chi connectivity index (χ3n) is 7.13. The minimum atomic E-state index is -4.45. The number of halogens is 3. The monoisotopic (exact) mass is 461 g/mol. The number of terminal acetylenes is 1. The fourth-order valence-electron chi connectivity index (χ4n) is 5.11. The normalized spacial score (nSPS) is 25.1. The first-order chi connectivity index (χ1) is 15.5. The maximum atomic E-state index is 13.7. The second kappa shape index (κ2) is 8.40. The second-order valence-corrected chi connectivity index (χ2v) is 9.19. The highest BCUT2D eigenvalue weighted by Crippen LogP contribution is 2.38. The number of amides is 3. The molecule has 2 aliphatic heterocycles. The topological polar surface area (TPSA) is 60.9 Å². The van der Waals surface area contributed by atoms with Gasteiger partial charge in [-0.2, -0.15) is 13.2 Å². The number of benzene rings is 1. The van der Waals surface area contributed by atoms with Crippen LogP contribution in [0.1, 0.15) is 43.7 Å². The largest absolute Gasteiger partial charge is 0.416 e. The molecule has 1 aromatic carbocycles. The molecule has 0 radical (unpaired) electrons. The molecule has 3 fully saturated rings. The Labute approximate surface area is 190 Å². The van der Waals surface area contributed by atoms with Gasteiger partial charge in [-0.3, -0.25) is 14.4 Å². The lowest BCUT2D eigenvalue weighted by atomic mass is 9.80. The van der Waals surface area contributed by atoms with Crippen molar-refractivity contribution in [3.05, 3.63) is 35.4 Å². The standard InChI is InChI=1S/C24H26F3N3O3/c1-3-17-6-10-20(11-7-17)29-13-21(32)30(23(22(29)33)14-28(15-23)16(2)31)12-18-4-8-19(9-5-18)24(25,26)27/h1,4-5,8-9,17,20H,6-7,10-15H2,2H3. The molecule has 176 valence electrons. The Morgan fingerprint density at radius 3 is 2.24 bits per heavy atom. The zero-order chi connectivity index (χ0) is 24.0. The molecular formula is C24H26F3N3O3. The first-order valence-corrected chi connectivity index (χ1v) is 11.0. The van der Waals surface area contributed by atoms with Crippen molar-refractivity contribution in [1.29, 1.82) is 0 Å². The van der Waals surface area contributed by atoms with Crippen LogP contribution in [0.3, 0.4) is 0 Å². The molecule has 2 saturated heterocycles. The van der Waals surface area contributed by atoms with Gasteiger partial charge in [-0.1, -0.05) is 12.1 Å². The average Bonchev–Trinajstić information content (AvgIpc) is 2.74. The third-order valence-corrected chi connectivity index (χ3v) is 7.13. The van der Waals surface area contributed by atoms with Crippen molar-refractivity contribution in [2.45, 2.75) is 56.9 Å². The summed E-state index contributed by atoms with van der Waals surface area (Å²) in [6.45, 7) is 1.51. The number of rotatable bonds is 3. The maximum absolute atomic E-state index is 13.7. The number of likely N-dealkylation sites (tertiary alicyclic amines) is 1. The fourth-order valence-corrected chi connectivity index (χ4v) is 5.11. The molecule has 4 rings (SSSR count). The van der Waals surface area contributed by atoms with Crippen molar-refractivity contribution in [3.63, 3.8) is 0 Å². The van der Waals surface area contributed by atoms with Crippen LogP contribution in [0.2, 0.25) is 0 Å². The highest BCUT2D eigenvalue weighted by atomic mass is 19.4. The molecule has 9 heteroatoms. The third kappa shape index (κ3) is 4.19. The van der Waals surface area contributed by atoms with Crippen LogP contribution in [0.25, 0.3) is 0 Å². The molecule has 0 aromatic heterocycles. The van der Waals surface area contributed by atoms with Crippen molar-refractivity contribution in [3.8, 4) is 12.3 Å². The molecule has 0 bridgehead atoms. The minimum Gasteiger partial charge on any atom is -0.337 e. The van der Waals surface area contributed by atoms with Gasteiger partial charge in [0.2, 0.25) is 11.8 Å². The van der Waals surface area contributed by atoms with Crippen LogP contribution in [-0.2, 0) is 27.1 Å². The van der Waals surface area contributed by atoms with Crippen LogP contribution in [0.4, 0.5) is 13.2 Å². The van der Waals surface area contributed by atoms with E-state index in [1.165, 1.54) is 28.9 Å². The summed E-state index contributed by atoms with van der Waals surface area (Å²) in [6.07, 6.45) is 4.10. The number of nitrogens with zero attached hydrogens (tertiary/aromatic N) is 3. The molecule has 2 heterocycles. The lowest BCUT2D eigenvalue weighted by molar-refractivity contribution is -0.185.